The molecule has 24 heavy (non-hydrogen) atoms. The molecule has 0 spiro atoms. The van der Waals surface area contributed by atoms with Crippen LogP contribution in [0.5, 0.6) is 0 Å². The third kappa shape index (κ3) is 2.67. The number of aryl methyl sites for hydroxylation is 1. The van der Waals surface area contributed by atoms with Crippen LogP contribution >= 0.6 is 11.6 Å². The van der Waals surface area contributed by atoms with Crippen molar-refractivity contribution in [3.05, 3.63) is 70.6 Å². The Morgan fingerprint density at radius 1 is 1.04 bits per heavy atom. The molecule has 1 aliphatic heterocycles. The van der Waals surface area contributed by atoms with Crippen LogP contribution in [0, 0.1) is 5.82 Å². The lowest BCUT2D eigenvalue weighted by atomic mass is 10.1. The van der Waals surface area contributed by atoms with Gasteiger partial charge in [0, 0.05) is 5.69 Å². The van der Waals surface area contributed by atoms with Crippen molar-refractivity contribution in [2.45, 2.75) is 13.3 Å². The molecule has 0 bridgehead atoms. The third-order valence-corrected chi connectivity index (χ3v) is 4.13. The second kappa shape index (κ2) is 6.45. The molecule has 0 saturated heterocycles. The second-order valence-corrected chi connectivity index (χ2v) is 5.60. The third-order valence-electron chi connectivity index (χ3n) is 3.78. The first-order chi connectivity index (χ1) is 11.5. The van der Waals surface area contributed by atoms with Crippen molar-refractivity contribution >= 4 is 34.8 Å². The molecule has 0 saturated carbocycles. The number of amides is 2. The number of hydrogen-bond donors (Lipinski definition) is 1. The van der Waals surface area contributed by atoms with E-state index in [0.717, 1.165) is 16.9 Å². The zero-order chi connectivity index (χ0) is 17.3. The van der Waals surface area contributed by atoms with Gasteiger partial charge in [-0.25, -0.2) is 9.29 Å². The molecule has 3 rings (SSSR count). The van der Waals surface area contributed by atoms with E-state index < -0.39 is 17.6 Å². The predicted octanol–water partition coefficient (Wildman–Crippen LogP) is 3.82. The van der Waals surface area contributed by atoms with Gasteiger partial charge in [0.2, 0.25) is 0 Å². The summed E-state index contributed by atoms with van der Waals surface area (Å²) in [5, 5.41) is 2.67. The quantitative estimate of drug-likeness (QED) is 0.858. The maximum atomic E-state index is 14.0. The van der Waals surface area contributed by atoms with E-state index >= 15 is 0 Å². The monoisotopic (exact) mass is 344 g/mol. The standard InChI is InChI=1S/C18H14ClFN2O2/c1-2-11-7-3-5-9-13(11)21-16-15(19)17(23)22(18(16)24)14-10-6-4-8-12(14)20/h3-10,21H,2H2,1H3. The average molecular weight is 345 g/mol. The lowest BCUT2D eigenvalue weighted by Gasteiger charge is -2.16. The van der Waals surface area contributed by atoms with Gasteiger partial charge >= 0.3 is 0 Å². The minimum absolute atomic E-state index is 0.0502. The van der Waals surface area contributed by atoms with Crippen molar-refractivity contribution in [2.24, 2.45) is 0 Å². The van der Waals surface area contributed by atoms with Crippen LogP contribution in [0.25, 0.3) is 0 Å². The Morgan fingerprint density at radius 3 is 2.42 bits per heavy atom. The highest BCUT2D eigenvalue weighted by Crippen LogP contribution is 2.32. The van der Waals surface area contributed by atoms with Gasteiger partial charge in [0.15, 0.2) is 0 Å². The molecule has 1 heterocycles. The summed E-state index contributed by atoms with van der Waals surface area (Å²) in [7, 11) is 0. The molecule has 1 N–H and O–H groups in total. The summed E-state index contributed by atoms with van der Waals surface area (Å²) >= 11 is 6.05. The summed E-state index contributed by atoms with van der Waals surface area (Å²) in [4.78, 5) is 25.7. The van der Waals surface area contributed by atoms with Gasteiger partial charge in [-0.3, -0.25) is 9.59 Å². The molecule has 4 nitrogen and oxygen atoms in total. The van der Waals surface area contributed by atoms with Crippen LogP contribution in [0.2, 0.25) is 0 Å². The van der Waals surface area contributed by atoms with Crippen LogP contribution < -0.4 is 10.2 Å². The van der Waals surface area contributed by atoms with Crippen LogP contribution in [0.15, 0.2) is 59.3 Å². The smallest absolute Gasteiger partial charge is 0.283 e. The Kier molecular flexibility index (Phi) is 4.36. The molecule has 0 unspecified atom stereocenters. The van der Waals surface area contributed by atoms with Gasteiger partial charge < -0.3 is 5.32 Å². The first kappa shape index (κ1) is 16.2. The highest BCUT2D eigenvalue weighted by Gasteiger charge is 2.40. The van der Waals surface area contributed by atoms with Gasteiger partial charge in [-0.05, 0) is 30.2 Å². The Bertz CT molecular complexity index is 864. The van der Waals surface area contributed by atoms with Crippen molar-refractivity contribution in [1.29, 1.82) is 0 Å². The molecule has 6 heteroatoms. The van der Waals surface area contributed by atoms with Crippen molar-refractivity contribution in [3.63, 3.8) is 0 Å². The molecule has 0 atom stereocenters. The summed E-state index contributed by atoms with van der Waals surface area (Å²) in [6.07, 6.45) is 0.743. The normalized spacial score (nSPS) is 14.5. The van der Waals surface area contributed by atoms with Crippen LogP contribution in [-0.2, 0) is 16.0 Å². The minimum Gasteiger partial charge on any atom is -0.349 e. The summed E-state index contributed by atoms with van der Waals surface area (Å²) in [5.41, 5.74) is 1.49. The van der Waals surface area contributed by atoms with Crippen molar-refractivity contribution in [2.75, 3.05) is 10.2 Å². The molecule has 0 fully saturated rings. The molecular weight excluding hydrogens is 331 g/mol. The van der Waals surface area contributed by atoms with E-state index in [1.807, 2.05) is 25.1 Å². The highest BCUT2D eigenvalue weighted by atomic mass is 35.5. The molecular formula is C18H14ClFN2O2. The maximum absolute atomic E-state index is 14.0. The molecule has 0 radical (unpaired) electrons. The molecule has 0 aromatic heterocycles. The van der Waals surface area contributed by atoms with Gasteiger partial charge in [-0.1, -0.05) is 48.9 Å². The maximum Gasteiger partial charge on any atom is 0.283 e. The summed E-state index contributed by atoms with van der Waals surface area (Å²) in [6, 6.07) is 13.0. The number of benzene rings is 2. The summed E-state index contributed by atoms with van der Waals surface area (Å²) in [6.45, 7) is 1.98. The van der Waals surface area contributed by atoms with Gasteiger partial charge in [0.25, 0.3) is 11.8 Å². The fourth-order valence-electron chi connectivity index (χ4n) is 2.55. The molecule has 0 aliphatic carbocycles. The molecule has 2 aromatic rings. The zero-order valence-corrected chi connectivity index (χ0v) is 13.6. The summed E-state index contributed by atoms with van der Waals surface area (Å²) < 4.78 is 14.0. The minimum atomic E-state index is -0.747. The molecule has 2 aromatic carbocycles. The molecule has 2 amide bonds. The van der Waals surface area contributed by atoms with Gasteiger partial charge in [-0.2, -0.15) is 0 Å². The number of hydrogen-bond acceptors (Lipinski definition) is 3. The van der Waals surface area contributed by atoms with Crippen LogP contribution in [0.3, 0.4) is 0 Å². The number of nitrogens with zero attached hydrogens (tertiary/aromatic N) is 1. The molecule has 1 aliphatic rings. The number of rotatable bonds is 4. The number of imide groups is 1. The van der Waals surface area contributed by atoms with Crippen LogP contribution in [-0.4, -0.2) is 11.8 Å². The van der Waals surface area contributed by atoms with E-state index in [1.54, 1.807) is 12.1 Å². The average Bonchev–Trinajstić information content (AvgIpc) is 2.80. The molecule has 122 valence electrons. The number of carbonyl (C=O) groups excluding carboxylic acids is 2. The second-order valence-electron chi connectivity index (χ2n) is 5.22. The van der Waals surface area contributed by atoms with E-state index in [4.69, 9.17) is 11.6 Å². The Balaban J connectivity index is 1.97. The van der Waals surface area contributed by atoms with Gasteiger partial charge in [0.1, 0.15) is 16.5 Å². The summed E-state index contributed by atoms with van der Waals surface area (Å²) in [5.74, 6) is -2.09. The van der Waals surface area contributed by atoms with Crippen molar-refractivity contribution in [1.82, 2.24) is 0 Å². The number of anilines is 2. The Hall–Kier alpha value is -2.66. The van der Waals surface area contributed by atoms with Crippen LogP contribution in [0.4, 0.5) is 15.8 Å². The van der Waals surface area contributed by atoms with Crippen molar-refractivity contribution < 1.29 is 14.0 Å². The highest BCUT2D eigenvalue weighted by molar-refractivity contribution is 6.53. The SMILES string of the molecule is CCc1ccccc1NC1=C(Cl)C(=O)N(c2ccccc2F)C1=O. The number of para-hydroxylation sites is 2. The first-order valence-electron chi connectivity index (χ1n) is 7.42. The van der Waals surface area contributed by atoms with E-state index in [1.165, 1.54) is 18.2 Å². The first-order valence-corrected chi connectivity index (χ1v) is 7.80. The Morgan fingerprint density at radius 2 is 1.71 bits per heavy atom. The number of carbonyl (C=O) groups is 2. The fraction of sp³-hybridized carbons (Fsp3) is 0.111. The van der Waals surface area contributed by atoms with Gasteiger partial charge in [-0.15, -0.1) is 0 Å². The van der Waals surface area contributed by atoms with E-state index in [2.05, 4.69) is 5.32 Å². The van der Waals surface area contributed by atoms with Crippen LogP contribution in [0.1, 0.15) is 12.5 Å². The largest absolute Gasteiger partial charge is 0.349 e. The Labute approximate surface area is 143 Å². The zero-order valence-electron chi connectivity index (χ0n) is 12.8. The van der Waals surface area contributed by atoms with Crippen molar-refractivity contribution in [3.8, 4) is 0 Å². The fourth-order valence-corrected chi connectivity index (χ4v) is 2.76. The van der Waals surface area contributed by atoms with E-state index in [9.17, 15) is 14.0 Å². The number of halogens is 2. The lowest BCUT2D eigenvalue weighted by molar-refractivity contribution is -0.120. The van der Waals surface area contributed by atoms with E-state index in [0.29, 0.717) is 5.69 Å². The van der Waals surface area contributed by atoms with E-state index in [-0.39, 0.29) is 16.4 Å². The lowest BCUT2D eigenvalue weighted by Crippen LogP contribution is -2.33. The van der Waals surface area contributed by atoms with Gasteiger partial charge in [0.05, 0.1) is 5.69 Å². The predicted molar refractivity (Wildman–Crippen MR) is 91.2 cm³/mol. The topological polar surface area (TPSA) is 49.4 Å². The number of nitrogens with one attached hydrogen (secondary N) is 1.